The molecule has 0 fully saturated rings. The third-order valence-corrected chi connectivity index (χ3v) is 3.40. The molecule has 102 valence electrons. The molecule has 0 aliphatic carbocycles. The average molecular weight is 504 g/mol. The summed E-state index contributed by atoms with van der Waals surface area (Å²) in [5.74, 6) is 0. The summed E-state index contributed by atoms with van der Waals surface area (Å²) in [6.45, 7) is 0. The molecule has 20 heavy (non-hydrogen) atoms. The Kier molecular flexibility index (Phi) is 5.28. The number of hydrogen-bond acceptors (Lipinski definition) is 1. The maximum atomic E-state index is 4.42. The van der Waals surface area contributed by atoms with Gasteiger partial charge in [0, 0.05) is 27.3 Å². The van der Waals surface area contributed by atoms with Crippen LogP contribution >= 0.6 is 15.9 Å². The summed E-state index contributed by atoms with van der Waals surface area (Å²) >= 11 is 3.48. The van der Waals surface area contributed by atoms with E-state index < -0.39 is 0 Å². The van der Waals surface area contributed by atoms with Crippen molar-refractivity contribution in [1.29, 1.82) is 0 Å². The first kappa shape index (κ1) is 15.2. The van der Waals surface area contributed by atoms with Gasteiger partial charge in [0.2, 0.25) is 0 Å². The monoisotopic (exact) mass is 503 g/mol. The van der Waals surface area contributed by atoms with Crippen molar-refractivity contribution in [2.75, 3.05) is 0 Å². The van der Waals surface area contributed by atoms with Gasteiger partial charge in [0.25, 0.3) is 0 Å². The van der Waals surface area contributed by atoms with Gasteiger partial charge in [-0.15, -0.1) is 29.8 Å². The smallest absolute Gasteiger partial charge is 0.0166 e. The van der Waals surface area contributed by atoms with Gasteiger partial charge >= 0.3 is 0 Å². The van der Waals surface area contributed by atoms with Crippen LogP contribution in [0.4, 0.5) is 0 Å². The minimum atomic E-state index is 0. The van der Waals surface area contributed by atoms with Crippen LogP contribution in [0.15, 0.2) is 71.3 Å². The molecule has 0 aliphatic heterocycles. The summed E-state index contributed by atoms with van der Waals surface area (Å²) in [5, 5.41) is 0. The van der Waals surface area contributed by atoms with Crippen LogP contribution in [-0.4, -0.2) is 4.98 Å². The van der Waals surface area contributed by atoms with Gasteiger partial charge in [-0.3, -0.25) is 0 Å². The first-order valence-corrected chi connectivity index (χ1v) is 6.81. The zero-order chi connectivity index (χ0) is 13.1. The maximum absolute atomic E-state index is 4.42. The Morgan fingerprint density at radius 3 is 2.45 bits per heavy atom. The second kappa shape index (κ2) is 6.97. The molecule has 0 unspecified atom stereocenters. The molecule has 0 spiro atoms. The number of nitrogens with zero attached hydrogens (tertiary/aromatic N) is 1. The molecular formula is C17H11BrNPt-. The second-order valence-electron chi connectivity index (χ2n) is 4.22. The first-order valence-electron chi connectivity index (χ1n) is 6.02. The topological polar surface area (TPSA) is 12.9 Å². The number of hydrogen-bond donors (Lipinski definition) is 0. The summed E-state index contributed by atoms with van der Waals surface area (Å²) in [5.41, 5.74) is 4.29. The van der Waals surface area contributed by atoms with Crippen LogP contribution in [0.25, 0.3) is 22.4 Å². The van der Waals surface area contributed by atoms with Crippen molar-refractivity contribution in [3.8, 4) is 22.4 Å². The van der Waals surface area contributed by atoms with E-state index in [0.29, 0.717) is 0 Å². The van der Waals surface area contributed by atoms with E-state index >= 15 is 0 Å². The van der Waals surface area contributed by atoms with Crippen LogP contribution in [-0.2, 0) is 21.1 Å². The predicted octanol–water partition coefficient (Wildman–Crippen LogP) is 4.98. The molecule has 1 nitrogen and oxygen atoms in total. The quantitative estimate of drug-likeness (QED) is 0.449. The fourth-order valence-corrected chi connectivity index (χ4v) is 2.34. The van der Waals surface area contributed by atoms with E-state index in [0.717, 1.165) is 15.7 Å². The van der Waals surface area contributed by atoms with E-state index in [-0.39, 0.29) is 21.1 Å². The minimum absolute atomic E-state index is 0. The fourth-order valence-electron chi connectivity index (χ4n) is 1.97. The summed E-state index contributed by atoms with van der Waals surface area (Å²) in [4.78, 5) is 4.42. The van der Waals surface area contributed by atoms with Gasteiger partial charge in [-0.2, -0.15) is 0 Å². The van der Waals surface area contributed by atoms with E-state index in [2.05, 4.69) is 45.2 Å². The Hall–Kier alpha value is -1.24. The summed E-state index contributed by atoms with van der Waals surface area (Å²) < 4.78 is 1.04. The van der Waals surface area contributed by atoms with Crippen LogP contribution < -0.4 is 0 Å². The molecule has 0 saturated carbocycles. The molecule has 0 aliphatic rings. The Balaban J connectivity index is 0.00000147. The number of aromatic nitrogens is 1. The van der Waals surface area contributed by atoms with E-state index in [9.17, 15) is 0 Å². The number of halogens is 1. The fraction of sp³-hybridized carbons (Fsp3) is 0. The largest absolute Gasteiger partial charge is 0.305 e. The van der Waals surface area contributed by atoms with Gasteiger partial charge in [-0.05, 0) is 22.9 Å². The Labute approximate surface area is 141 Å². The third-order valence-electron chi connectivity index (χ3n) is 2.91. The van der Waals surface area contributed by atoms with Gasteiger partial charge < -0.3 is 4.98 Å². The molecular weight excluding hydrogens is 493 g/mol. The first-order chi connectivity index (χ1) is 9.33. The Morgan fingerprint density at radius 2 is 1.70 bits per heavy atom. The van der Waals surface area contributed by atoms with E-state index in [1.54, 1.807) is 0 Å². The summed E-state index contributed by atoms with van der Waals surface area (Å²) in [6.07, 6.45) is 1.84. The van der Waals surface area contributed by atoms with Crippen LogP contribution in [0.5, 0.6) is 0 Å². The molecule has 0 atom stereocenters. The van der Waals surface area contributed by atoms with Crippen LogP contribution in [0, 0.1) is 6.07 Å². The van der Waals surface area contributed by atoms with E-state index in [4.69, 9.17) is 0 Å². The SMILES string of the molecule is Brc1cc[c-]c(-c2cc(-c3ccccc3)ccn2)c1.[Pt]. The molecule has 3 rings (SSSR count). The molecule has 1 aromatic heterocycles. The molecule has 3 aromatic rings. The van der Waals surface area contributed by atoms with Crippen molar-refractivity contribution in [3.63, 3.8) is 0 Å². The van der Waals surface area contributed by atoms with Crippen LogP contribution in [0.2, 0.25) is 0 Å². The van der Waals surface area contributed by atoms with Gasteiger partial charge in [-0.25, -0.2) is 0 Å². The molecule has 0 radical (unpaired) electrons. The van der Waals surface area contributed by atoms with Gasteiger partial charge in [0.05, 0.1) is 0 Å². The molecule has 0 amide bonds. The van der Waals surface area contributed by atoms with E-state index in [1.807, 2.05) is 48.7 Å². The molecule has 3 heteroatoms. The van der Waals surface area contributed by atoms with Crippen molar-refractivity contribution < 1.29 is 21.1 Å². The van der Waals surface area contributed by atoms with Gasteiger partial charge in [0.1, 0.15) is 0 Å². The van der Waals surface area contributed by atoms with Gasteiger partial charge in [-0.1, -0.05) is 56.8 Å². The molecule has 0 N–H and O–H groups in total. The Bertz CT molecular complexity index is 698. The van der Waals surface area contributed by atoms with Crippen LogP contribution in [0.1, 0.15) is 0 Å². The average Bonchev–Trinajstić information content (AvgIpc) is 2.48. The molecule has 2 aromatic carbocycles. The summed E-state index contributed by atoms with van der Waals surface area (Å²) in [7, 11) is 0. The van der Waals surface area contributed by atoms with Crippen molar-refractivity contribution in [2.24, 2.45) is 0 Å². The maximum Gasteiger partial charge on any atom is 0.0166 e. The van der Waals surface area contributed by atoms with Crippen molar-refractivity contribution in [2.45, 2.75) is 0 Å². The number of benzene rings is 2. The van der Waals surface area contributed by atoms with Crippen molar-refractivity contribution in [1.82, 2.24) is 4.98 Å². The summed E-state index contributed by atoms with van der Waals surface area (Å²) in [6, 6.07) is 23.5. The molecule has 0 saturated heterocycles. The minimum Gasteiger partial charge on any atom is -0.305 e. The molecule has 1 heterocycles. The van der Waals surface area contributed by atoms with Gasteiger partial charge in [0.15, 0.2) is 0 Å². The van der Waals surface area contributed by atoms with E-state index in [1.165, 1.54) is 11.1 Å². The zero-order valence-corrected chi connectivity index (χ0v) is 14.4. The van der Waals surface area contributed by atoms with Crippen LogP contribution in [0.3, 0.4) is 0 Å². The predicted molar refractivity (Wildman–Crippen MR) is 81.6 cm³/mol. The van der Waals surface area contributed by atoms with Crippen molar-refractivity contribution >= 4 is 15.9 Å². The molecule has 0 bridgehead atoms. The zero-order valence-electron chi connectivity index (χ0n) is 10.5. The standard InChI is InChI=1S/C17H11BrN.Pt/c18-16-8-4-7-15(11-16)17-12-14(9-10-19-17)13-5-2-1-3-6-13;/h1-6,8-12H;/q-1;. The number of rotatable bonds is 2. The Morgan fingerprint density at radius 1 is 0.900 bits per heavy atom. The van der Waals surface area contributed by atoms with Crippen molar-refractivity contribution in [3.05, 3.63) is 77.4 Å². The number of pyridine rings is 1. The second-order valence-corrected chi connectivity index (χ2v) is 5.13. The third kappa shape index (κ3) is 3.44. The normalized spacial score (nSPS) is 9.85.